The van der Waals surface area contributed by atoms with Crippen LogP contribution in [0.15, 0.2) is 18.2 Å². The molecule has 0 aliphatic carbocycles. The number of fused-ring (bicyclic) bond motifs is 1. The van der Waals surface area contributed by atoms with Crippen molar-refractivity contribution in [1.82, 2.24) is 0 Å². The standard InChI is InChI=1S/C13H17NOS/c1-4-12-11(6-7-14-12)13(5-1)15-10-3-2-8-16-9-10/h1,4-5,10,14H,2-3,6-9H2. The monoisotopic (exact) mass is 235 g/mol. The predicted molar refractivity (Wildman–Crippen MR) is 69.6 cm³/mol. The summed E-state index contributed by atoms with van der Waals surface area (Å²) in [5.41, 5.74) is 2.64. The predicted octanol–water partition coefficient (Wildman–Crippen LogP) is 2.93. The Kier molecular flexibility index (Phi) is 2.96. The molecule has 1 aromatic carbocycles. The Labute approximate surface area is 101 Å². The van der Waals surface area contributed by atoms with E-state index in [1.54, 1.807) is 0 Å². The lowest BCUT2D eigenvalue weighted by Gasteiger charge is -2.23. The number of hydrogen-bond donors (Lipinski definition) is 1. The minimum absolute atomic E-state index is 0.422. The molecule has 2 heterocycles. The molecule has 0 spiro atoms. The topological polar surface area (TPSA) is 21.3 Å². The van der Waals surface area contributed by atoms with Gasteiger partial charge in [-0.3, -0.25) is 0 Å². The fourth-order valence-electron chi connectivity index (χ4n) is 2.41. The average molecular weight is 235 g/mol. The second kappa shape index (κ2) is 4.58. The molecule has 86 valence electrons. The first kappa shape index (κ1) is 10.3. The van der Waals surface area contributed by atoms with E-state index in [4.69, 9.17) is 4.74 Å². The first-order valence-corrected chi connectivity index (χ1v) is 7.19. The van der Waals surface area contributed by atoms with Crippen LogP contribution >= 0.6 is 11.8 Å². The molecule has 1 aromatic rings. The summed E-state index contributed by atoms with van der Waals surface area (Å²) in [6.45, 7) is 1.05. The molecule has 0 saturated carbocycles. The van der Waals surface area contributed by atoms with Crippen molar-refractivity contribution in [3.05, 3.63) is 23.8 Å². The van der Waals surface area contributed by atoms with Crippen LogP contribution in [0.25, 0.3) is 0 Å². The minimum Gasteiger partial charge on any atom is -0.489 e. The van der Waals surface area contributed by atoms with E-state index in [9.17, 15) is 0 Å². The Hall–Kier alpha value is -0.830. The van der Waals surface area contributed by atoms with Crippen molar-refractivity contribution in [2.24, 2.45) is 0 Å². The number of hydrogen-bond acceptors (Lipinski definition) is 3. The molecule has 1 atom stereocenters. The molecule has 3 rings (SSSR count). The van der Waals surface area contributed by atoms with Crippen molar-refractivity contribution in [2.75, 3.05) is 23.4 Å². The van der Waals surface area contributed by atoms with Crippen molar-refractivity contribution in [1.29, 1.82) is 0 Å². The molecule has 0 amide bonds. The minimum atomic E-state index is 0.422. The fraction of sp³-hybridized carbons (Fsp3) is 0.538. The van der Waals surface area contributed by atoms with Gasteiger partial charge in [-0.2, -0.15) is 11.8 Å². The lowest BCUT2D eigenvalue weighted by Crippen LogP contribution is -2.23. The van der Waals surface area contributed by atoms with Crippen LogP contribution in [-0.2, 0) is 6.42 Å². The van der Waals surface area contributed by atoms with Crippen LogP contribution in [0.3, 0.4) is 0 Å². The van der Waals surface area contributed by atoms with Crippen LogP contribution in [0.1, 0.15) is 18.4 Å². The first-order chi connectivity index (χ1) is 7.93. The van der Waals surface area contributed by atoms with E-state index in [1.807, 2.05) is 11.8 Å². The highest BCUT2D eigenvalue weighted by atomic mass is 32.2. The fourth-order valence-corrected chi connectivity index (χ4v) is 3.44. The Morgan fingerprint density at radius 3 is 3.25 bits per heavy atom. The van der Waals surface area contributed by atoms with Gasteiger partial charge in [0.2, 0.25) is 0 Å². The number of rotatable bonds is 2. The molecular formula is C13H17NOS. The van der Waals surface area contributed by atoms with Gasteiger partial charge in [-0.1, -0.05) is 6.07 Å². The Morgan fingerprint density at radius 1 is 1.38 bits per heavy atom. The van der Waals surface area contributed by atoms with Gasteiger partial charge < -0.3 is 10.1 Å². The lowest BCUT2D eigenvalue weighted by molar-refractivity contribution is 0.210. The van der Waals surface area contributed by atoms with Gasteiger partial charge in [-0.15, -0.1) is 0 Å². The van der Waals surface area contributed by atoms with Crippen molar-refractivity contribution >= 4 is 17.4 Å². The van der Waals surface area contributed by atoms with E-state index in [2.05, 4.69) is 23.5 Å². The van der Waals surface area contributed by atoms with Gasteiger partial charge in [0.05, 0.1) is 0 Å². The molecule has 1 fully saturated rings. The van der Waals surface area contributed by atoms with E-state index in [-0.39, 0.29) is 0 Å². The number of nitrogens with one attached hydrogen (secondary N) is 1. The zero-order valence-electron chi connectivity index (χ0n) is 9.37. The van der Waals surface area contributed by atoms with Gasteiger partial charge in [-0.05, 0) is 37.1 Å². The molecule has 16 heavy (non-hydrogen) atoms. The van der Waals surface area contributed by atoms with Crippen LogP contribution in [0.2, 0.25) is 0 Å². The number of benzene rings is 1. The van der Waals surface area contributed by atoms with Crippen LogP contribution < -0.4 is 10.1 Å². The summed E-state index contributed by atoms with van der Waals surface area (Å²) in [5.74, 6) is 3.56. The van der Waals surface area contributed by atoms with Crippen LogP contribution in [0.4, 0.5) is 5.69 Å². The van der Waals surface area contributed by atoms with E-state index in [0.717, 1.165) is 24.5 Å². The lowest BCUT2D eigenvalue weighted by atomic mass is 10.1. The summed E-state index contributed by atoms with van der Waals surface area (Å²) >= 11 is 2.01. The van der Waals surface area contributed by atoms with Gasteiger partial charge in [-0.25, -0.2) is 0 Å². The second-order valence-electron chi connectivity index (χ2n) is 4.42. The molecule has 0 aromatic heterocycles. The summed E-state index contributed by atoms with van der Waals surface area (Å²) < 4.78 is 6.14. The third-order valence-corrected chi connectivity index (χ3v) is 4.42. The van der Waals surface area contributed by atoms with Crippen molar-refractivity contribution in [3.8, 4) is 5.75 Å². The van der Waals surface area contributed by atoms with Crippen molar-refractivity contribution in [3.63, 3.8) is 0 Å². The maximum absolute atomic E-state index is 6.14. The van der Waals surface area contributed by atoms with E-state index in [0.29, 0.717) is 6.10 Å². The highest BCUT2D eigenvalue weighted by molar-refractivity contribution is 7.99. The number of ether oxygens (including phenoxy) is 1. The van der Waals surface area contributed by atoms with Crippen LogP contribution in [0.5, 0.6) is 5.75 Å². The van der Waals surface area contributed by atoms with Gasteiger partial charge in [0.25, 0.3) is 0 Å². The normalized spacial score (nSPS) is 23.6. The summed E-state index contributed by atoms with van der Waals surface area (Å²) in [5, 5.41) is 3.39. The highest BCUT2D eigenvalue weighted by Gasteiger charge is 2.19. The summed E-state index contributed by atoms with van der Waals surface area (Å²) in [7, 11) is 0. The SMILES string of the molecule is c1cc2c(c(OC3CCCSC3)c1)CCN2. The average Bonchev–Trinajstić information content (AvgIpc) is 2.80. The largest absolute Gasteiger partial charge is 0.489 e. The van der Waals surface area contributed by atoms with E-state index < -0.39 is 0 Å². The van der Waals surface area contributed by atoms with Gasteiger partial charge in [0.15, 0.2) is 0 Å². The zero-order valence-corrected chi connectivity index (χ0v) is 10.2. The third kappa shape index (κ3) is 2.01. The molecule has 2 nitrogen and oxygen atoms in total. The smallest absolute Gasteiger partial charge is 0.125 e. The quantitative estimate of drug-likeness (QED) is 0.851. The third-order valence-electron chi connectivity index (χ3n) is 3.24. The summed E-state index contributed by atoms with van der Waals surface area (Å²) in [6.07, 6.45) is 4.03. The summed E-state index contributed by atoms with van der Waals surface area (Å²) in [4.78, 5) is 0. The maximum atomic E-state index is 6.14. The zero-order chi connectivity index (χ0) is 10.8. The molecule has 3 heteroatoms. The molecular weight excluding hydrogens is 218 g/mol. The van der Waals surface area contributed by atoms with Crippen LogP contribution in [0, 0.1) is 0 Å². The van der Waals surface area contributed by atoms with Crippen molar-refractivity contribution in [2.45, 2.75) is 25.4 Å². The molecule has 2 aliphatic rings. The second-order valence-corrected chi connectivity index (χ2v) is 5.57. The molecule has 0 radical (unpaired) electrons. The van der Waals surface area contributed by atoms with Gasteiger partial charge in [0, 0.05) is 23.5 Å². The van der Waals surface area contributed by atoms with Crippen molar-refractivity contribution < 1.29 is 4.74 Å². The molecule has 1 saturated heterocycles. The summed E-state index contributed by atoms with van der Waals surface area (Å²) in [6, 6.07) is 6.35. The Balaban J connectivity index is 1.76. The molecule has 2 aliphatic heterocycles. The maximum Gasteiger partial charge on any atom is 0.125 e. The Morgan fingerprint density at radius 2 is 2.38 bits per heavy atom. The molecule has 1 unspecified atom stereocenters. The first-order valence-electron chi connectivity index (χ1n) is 6.03. The van der Waals surface area contributed by atoms with Crippen LogP contribution in [-0.4, -0.2) is 24.2 Å². The molecule has 1 N–H and O–H groups in total. The molecule has 0 bridgehead atoms. The number of thioether (sulfide) groups is 1. The van der Waals surface area contributed by atoms with Gasteiger partial charge >= 0.3 is 0 Å². The van der Waals surface area contributed by atoms with E-state index >= 15 is 0 Å². The highest BCUT2D eigenvalue weighted by Crippen LogP contribution is 2.33. The Bertz CT molecular complexity index is 374. The van der Waals surface area contributed by atoms with E-state index in [1.165, 1.54) is 29.8 Å². The number of anilines is 1. The van der Waals surface area contributed by atoms with Gasteiger partial charge in [0.1, 0.15) is 11.9 Å².